The molecule has 0 aliphatic carbocycles. The number of aliphatic hydroxyl groups is 1. The van der Waals surface area contributed by atoms with Crippen LogP contribution in [-0.2, 0) is 0 Å². The molecule has 2 rings (SSSR count). The maximum Gasteiger partial charge on any atom is 0.270 e. The summed E-state index contributed by atoms with van der Waals surface area (Å²) in [6, 6.07) is 3.58. The lowest BCUT2D eigenvalue weighted by Crippen LogP contribution is -2.37. The van der Waals surface area contributed by atoms with E-state index in [2.05, 4.69) is 23.7 Å². The Bertz CT molecular complexity index is 403. The van der Waals surface area contributed by atoms with Crippen LogP contribution in [0.25, 0.3) is 0 Å². The van der Waals surface area contributed by atoms with Gasteiger partial charge < -0.3 is 15.0 Å². The zero-order chi connectivity index (χ0) is 13.8. The number of hydrogen-bond acceptors (Lipinski definition) is 3. The van der Waals surface area contributed by atoms with Gasteiger partial charge in [0.15, 0.2) is 0 Å². The van der Waals surface area contributed by atoms with Gasteiger partial charge >= 0.3 is 0 Å². The average molecular weight is 265 g/mol. The molecule has 1 aromatic heterocycles. The lowest BCUT2D eigenvalue weighted by Gasteiger charge is -2.23. The molecule has 1 saturated heterocycles. The van der Waals surface area contributed by atoms with Gasteiger partial charge in [0.05, 0.1) is 6.10 Å². The first-order valence-corrected chi connectivity index (χ1v) is 6.89. The molecule has 0 aromatic carbocycles. The van der Waals surface area contributed by atoms with Crippen molar-refractivity contribution in [2.75, 3.05) is 32.7 Å². The third kappa shape index (κ3) is 3.81. The highest BCUT2D eigenvalue weighted by molar-refractivity contribution is 5.92. The number of carbonyl (C=O) groups excluding carboxylic acids is 1. The van der Waals surface area contributed by atoms with E-state index in [4.69, 9.17) is 0 Å². The van der Waals surface area contributed by atoms with Crippen LogP contribution in [0.5, 0.6) is 0 Å². The van der Waals surface area contributed by atoms with Crippen molar-refractivity contribution >= 4 is 5.91 Å². The molecule has 1 amide bonds. The Balaban J connectivity index is 1.99. The summed E-state index contributed by atoms with van der Waals surface area (Å²) in [5.41, 5.74) is 0.588. The number of aromatic nitrogens is 1. The number of nitrogens with zero attached hydrogens (tertiary/aromatic N) is 2. The molecule has 0 bridgehead atoms. The summed E-state index contributed by atoms with van der Waals surface area (Å²) in [4.78, 5) is 19.1. The Morgan fingerprint density at radius 3 is 2.89 bits per heavy atom. The van der Waals surface area contributed by atoms with Crippen LogP contribution in [0.4, 0.5) is 0 Å². The van der Waals surface area contributed by atoms with Crippen molar-refractivity contribution in [3.8, 4) is 0 Å². The summed E-state index contributed by atoms with van der Waals surface area (Å²) in [7, 11) is 0. The van der Waals surface area contributed by atoms with Gasteiger partial charge in [-0.05, 0) is 18.1 Å². The fraction of sp³-hybridized carbons (Fsp3) is 0.643. The minimum Gasteiger partial charge on any atom is -0.390 e. The zero-order valence-corrected chi connectivity index (χ0v) is 11.7. The van der Waals surface area contributed by atoms with E-state index in [9.17, 15) is 9.90 Å². The van der Waals surface area contributed by atoms with Crippen LogP contribution in [0, 0.1) is 5.92 Å². The van der Waals surface area contributed by atoms with Gasteiger partial charge in [0, 0.05) is 38.9 Å². The predicted molar refractivity (Wildman–Crippen MR) is 74.0 cm³/mol. The van der Waals surface area contributed by atoms with Crippen molar-refractivity contribution in [2.24, 2.45) is 5.92 Å². The molecule has 106 valence electrons. The van der Waals surface area contributed by atoms with Gasteiger partial charge in [-0.1, -0.05) is 13.8 Å². The monoisotopic (exact) mass is 265 g/mol. The van der Waals surface area contributed by atoms with Crippen molar-refractivity contribution < 1.29 is 9.90 Å². The fourth-order valence-electron chi connectivity index (χ4n) is 2.56. The van der Waals surface area contributed by atoms with E-state index in [1.165, 1.54) is 0 Å². The molecule has 5 heteroatoms. The van der Waals surface area contributed by atoms with Crippen LogP contribution in [-0.4, -0.2) is 64.6 Å². The van der Waals surface area contributed by atoms with Crippen LogP contribution in [0.2, 0.25) is 0 Å². The molecule has 1 aliphatic heterocycles. The van der Waals surface area contributed by atoms with Crippen LogP contribution < -0.4 is 0 Å². The lowest BCUT2D eigenvalue weighted by molar-refractivity contribution is 0.0657. The van der Waals surface area contributed by atoms with Gasteiger partial charge in [-0.3, -0.25) is 9.69 Å². The second-order valence-corrected chi connectivity index (χ2v) is 5.64. The van der Waals surface area contributed by atoms with Crippen molar-refractivity contribution in [3.63, 3.8) is 0 Å². The standard InChI is InChI=1S/C14H23N3O2/c1-11(2)8-16-6-7-17(10-12(18)9-16)14(19)13-4-3-5-15-13/h3-5,11-12,15,18H,6-10H2,1-2H3/t12-/m1/s1. The van der Waals surface area contributed by atoms with Crippen LogP contribution in [0.15, 0.2) is 18.3 Å². The molecule has 2 N–H and O–H groups in total. The number of aromatic amines is 1. The Labute approximate surface area is 114 Å². The van der Waals surface area contributed by atoms with Gasteiger partial charge in [-0.25, -0.2) is 0 Å². The number of aliphatic hydroxyl groups excluding tert-OH is 1. The third-order valence-electron chi connectivity index (χ3n) is 3.33. The molecule has 0 saturated carbocycles. The minimum absolute atomic E-state index is 0.0320. The number of β-amino-alcohol motifs (C(OH)–C–C–N with tert-alkyl or cyclic N) is 1. The highest BCUT2D eigenvalue weighted by Crippen LogP contribution is 2.10. The highest BCUT2D eigenvalue weighted by Gasteiger charge is 2.25. The molecular formula is C14H23N3O2. The molecule has 0 radical (unpaired) electrons. The number of hydrogen-bond donors (Lipinski definition) is 2. The van der Waals surface area contributed by atoms with E-state index in [-0.39, 0.29) is 5.91 Å². The van der Waals surface area contributed by atoms with Crippen molar-refractivity contribution in [1.82, 2.24) is 14.8 Å². The largest absolute Gasteiger partial charge is 0.390 e. The topological polar surface area (TPSA) is 59.6 Å². The molecule has 2 heterocycles. The second kappa shape index (κ2) is 6.21. The normalized spacial score (nSPS) is 21.7. The molecule has 1 atom stereocenters. The number of carbonyl (C=O) groups is 1. The summed E-state index contributed by atoms with van der Waals surface area (Å²) < 4.78 is 0. The zero-order valence-electron chi connectivity index (χ0n) is 11.7. The van der Waals surface area contributed by atoms with Gasteiger partial charge in [0.25, 0.3) is 5.91 Å². The van der Waals surface area contributed by atoms with E-state index >= 15 is 0 Å². The van der Waals surface area contributed by atoms with E-state index in [0.717, 1.165) is 13.1 Å². The number of H-pyrrole nitrogens is 1. The van der Waals surface area contributed by atoms with Gasteiger partial charge in [0.2, 0.25) is 0 Å². The first-order valence-electron chi connectivity index (χ1n) is 6.89. The van der Waals surface area contributed by atoms with Gasteiger partial charge in [-0.2, -0.15) is 0 Å². The van der Waals surface area contributed by atoms with Crippen LogP contribution in [0.3, 0.4) is 0 Å². The maximum absolute atomic E-state index is 12.3. The molecule has 0 spiro atoms. The Morgan fingerprint density at radius 1 is 1.47 bits per heavy atom. The summed E-state index contributed by atoms with van der Waals surface area (Å²) in [6.45, 7) is 7.84. The Morgan fingerprint density at radius 2 is 2.26 bits per heavy atom. The molecule has 0 unspecified atom stereocenters. The van der Waals surface area contributed by atoms with Crippen LogP contribution >= 0.6 is 0 Å². The van der Waals surface area contributed by atoms with E-state index < -0.39 is 6.10 Å². The fourth-order valence-corrected chi connectivity index (χ4v) is 2.56. The summed E-state index contributed by atoms with van der Waals surface area (Å²) >= 11 is 0. The first-order chi connectivity index (χ1) is 9.06. The van der Waals surface area contributed by atoms with Crippen molar-refractivity contribution in [3.05, 3.63) is 24.0 Å². The van der Waals surface area contributed by atoms with E-state index in [0.29, 0.717) is 31.2 Å². The molecule has 1 aromatic rings. The molecular weight excluding hydrogens is 242 g/mol. The second-order valence-electron chi connectivity index (χ2n) is 5.64. The summed E-state index contributed by atoms with van der Waals surface area (Å²) in [5, 5.41) is 10.0. The maximum atomic E-state index is 12.3. The van der Waals surface area contributed by atoms with Crippen molar-refractivity contribution in [1.29, 1.82) is 0 Å². The smallest absolute Gasteiger partial charge is 0.270 e. The molecule has 19 heavy (non-hydrogen) atoms. The highest BCUT2D eigenvalue weighted by atomic mass is 16.3. The van der Waals surface area contributed by atoms with Crippen molar-refractivity contribution in [2.45, 2.75) is 20.0 Å². The molecule has 1 fully saturated rings. The molecule has 5 nitrogen and oxygen atoms in total. The Kier molecular flexibility index (Phi) is 4.61. The minimum atomic E-state index is -0.472. The van der Waals surface area contributed by atoms with E-state index in [1.54, 1.807) is 17.2 Å². The molecule has 1 aliphatic rings. The van der Waals surface area contributed by atoms with Gasteiger partial charge in [0.1, 0.15) is 5.69 Å². The van der Waals surface area contributed by atoms with Crippen LogP contribution in [0.1, 0.15) is 24.3 Å². The average Bonchev–Trinajstić information content (AvgIpc) is 2.80. The Hall–Kier alpha value is -1.33. The lowest BCUT2D eigenvalue weighted by atomic mass is 10.2. The number of rotatable bonds is 3. The predicted octanol–water partition coefficient (Wildman–Crippen LogP) is 0.789. The SMILES string of the molecule is CC(C)CN1CCN(C(=O)c2ccc[nH]2)C[C@H](O)C1. The third-order valence-corrected chi connectivity index (χ3v) is 3.33. The number of amides is 1. The van der Waals surface area contributed by atoms with Gasteiger partial charge in [-0.15, -0.1) is 0 Å². The summed E-state index contributed by atoms with van der Waals surface area (Å²) in [6.07, 6.45) is 1.27. The van der Waals surface area contributed by atoms with E-state index in [1.807, 2.05) is 6.07 Å². The summed E-state index contributed by atoms with van der Waals surface area (Å²) in [5.74, 6) is 0.535. The number of nitrogens with one attached hydrogen (secondary N) is 1. The first kappa shape index (κ1) is 14.1. The quantitative estimate of drug-likeness (QED) is 0.849.